The van der Waals surface area contributed by atoms with E-state index < -0.39 is 0 Å². The average Bonchev–Trinajstić information content (AvgIpc) is 2.92. The first-order chi connectivity index (χ1) is 12.6. The van der Waals surface area contributed by atoms with Gasteiger partial charge in [0.15, 0.2) is 0 Å². The Hall–Kier alpha value is -2.64. The summed E-state index contributed by atoms with van der Waals surface area (Å²) < 4.78 is 0. The quantitative estimate of drug-likeness (QED) is 0.568. The third-order valence-electron chi connectivity index (χ3n) is 5.91. The van der Waals surface area contributed by atoms with Gasteiger partial charge in [-0.1, -0.05) is 96.2 Å². The summed E-state index contributed by atoms with van der Waals surface area (Å²) in [5.74, 6) is 0. The molecule has 0 heterocycles. The van der Waals surface area contributed by atoms with E-state index >= 15 is 0 Å². The van der Waals surface area contributed by atoms with Gasteiger partial charge in [-0.25, -0.2) is 0 Å². The SMILES string of the molecule is CC1=C([SiH3])C(C)(c2ccccc2)C(c2ccccc2)=C1c1ccccc1. The minimum Gasteiger partial charge on any atom is -0.0740 e. The van der Waals surface area contributed by atoms with Crippen LogP contribution in [0.15, 0.2) is 102 Å². The van der Waals surface area contributed by atoms with Crippen LogP contribution in [0.2, 0.25) is 0 Å². The summed E-state index contributed by atoms with van der Waals surface area (Å²) >= 11 is 0. The second kappa shape index (κ2) is 6.58. The molecular weight excluding hydrogens is 328 g/mol. The molecule has 3 aromatic carbocycles. The van der Waals surface area contributed by atoms with E-state index in [1.807, 2.05) is 0 Å². The van der Waals surface area contributed by atoms with Gasteiger partial charge in [0.25, 0.3) is 0 Å². The lowest BCUT2D eigenvalue weighted by atomic mass is 9.74. The Morgan fingerprint density at radius 2 is 1.12 bits per heavy atom. The highest BCUT2D eigenvalue weighted by Gasteiger charge is 2.41. The molecule has 0 fully saturated rings. The Bertz CT molecular complexity index is 982. The highest BCUT2D eigenvalue weighted by atomic mass is 28.1. The van der Waals surface area contributed by atoms with Crippen molar-refractivity contribution in [1.29, 1.82) is 0 Å². The van der Waals surface area contributed by atoms with Crippen molar-refractivity contribution in [2.45, 2.75) is 19.3 Å². The van der Waals surface area contributed by atoms with Crippen LogP contribution in [0.1, 0.15) is 30.5 Å². The molecule has 0 bridgehead atoms. The number of benzene rings is 3. The maximum atomic E-state index is 2.41. The number of allylic oxidation sites excluding steroid dienone is 4. The van der Waals surface area contributed by atoms with Gasteiger partial charge in [-0.2, -0.15) is 0 Å². The van der Waals surface area contributed by atoms with E-state index in [-0.39, 0.29) is 5.41 Å². The van der Waals surface area contributed by atoms with Gasteiger partial charge < -0.3 is 0 Å². The van der Waals surface area contributed by atoms with E-state index in [1.165, 1.54) is 33.4 Å². The fourth-order valence-corrected chi connectivity index (χ4v) is 5.11. The van der Waals surface area contributed by atoms with Crippen LogP contribution in [0.3, 0.4) is 0 Å². The van der Waals surface area contributed by atoms with Gasteiger partial charge in [-0.05, 0) is 47.3 Å². The van der Waals surface area contributed by atoms with Gasteiger partial charge in [0.2, 0.25) is 0 Å². The molecule has 0 radical (unpaired) electrons. The van der Waals surface area contributed by atoms with Gasteiger partial charge in [-0.3, -0.25) is 0 Å². The molecule has 1 atom stereocenters. The van der Waals surface area contributed by atoms with Gasteiger partial charge in [0.1, 0.15) is 0 Å². The first-order valence-corrected chi connectivity index (χ1v) is 10.2. The van der Waals surface area contributed by atoms with E-state index in [0.717, 1.165) is 10.2 Å². The number of rotatable bonds is 3. The Labute approximate surface area is 159 Å². The van der Waals surface area contributed by atoms with Crippen LogP contribution in [0.5, 0.6) is 0 Å². The van der Waals surface area contributed by atoms with Crippen LogP contribution < -0.4 is 0 Å². The Morgan fingerprint density at radius 3 is 1.65 bits per heavy atom. The summed E-state index contributed by atoms with van der Waals surface area (Å²) in [6.45, 7) is 4.72. The molecule has 0 aliphatic heterocycles. The van der Waals surface area contributed by atoms with Crippen LogP contribution >= 0.6 is 0 Å². The lowest BCUT2D eigenvalue weighted by Gasteiger charge is -2.32. The third kappa shape index (κ3) is 2.51. The normalized spacial score (nSPS) is 20.1. The summed E-state index contributed by atoms with van der Waals surface area (Å²) in [5.41, 5.74) is 8.26. The van der Waals surface area contributed by atoms with Crippen LogP contribution in [-0.4, -0.2) is 10.2 Å². The first kappa shape index (κ1) is 16.8. The maximum absolute atomic E-state index is 2.41. The van der Waals surface area contributed by atoms with Crippen molar-refractivity contribution in [3.63, 3.8) is 0 Å². The van der Waals surface area contributed by atoms with Crippen LogP contribution in [0.4, 0.5) is 0 Å². The highest BCUT2D eigenvalue weighted by Crippen LogP contribution is 2.54. The molecule has 0 nitrogen and oxygen atoms in total. The summed E-state index contributed by atoms with van der Waals surface area (Å²) in [6.07, 6.45) is 0. The Morgan fingerprint density at radius 1 is 0.654 bits per heavy atom. The molecule has 0 spiro atoms. The monoisotopic (exact) mass is 352 g/mol. The Kier molecular flexibility index (Phi) is 4.26. The van der Waals surface area contributed by atoms with Crippen molar-refractivity contribution in [3.05, 3.63) is 118 Å². The third-order valence-corrected chi connectivity index (χ3v) is 7.66. The van der Waals surface area contributed by atoms with Crippen LogP contribution in [0.25, 0.3) is 11.1 Å². The summed E-state index contributed by atoms with van der Waals surface area (Å²) in [5, 5.41) is 1.57. The van der Waals surface area contributed by atoms with E-state index in [1.54, 1.807) is 5.20 Å². The molecule has 0 aromatic heterocycles. The van der Waals surface area contributed by atoms with Crippen molar-refractivity contribution in [3.8, 4) is 0 Å². The molecule has 4 rings (SSSR count). The van der Waals surface area contributed by atoms with Crippen LogP contribution in [-0.2, 0) is 5.41 Å². The number of hydrogen-bond donors (Lipinski definition) is 0. The fraction of sp³-hybridized carbons (Fsp3) is 0.120. The smallest absolute Gasteiger partial charge is 0.0356 e. The molecule has 0 N–H and O–H groups in total. The zero-order valence-electron chi connectivity index (χ0n) is 15.7. The zero-order valence-corrected chi connectivity index (χ0v) is 17.7. The van der Waals surface area contributed by atoms with Gasteiger partial charge in [0.05, 0.1) is 0 Å². The predicted molar refractivity (Wildman–Crippen MR) is 116 cm³/mol. The molecule has 26 heavy (non-hydrogen) atoms. The molecule has 128 valence electrons. The van der Waals surface area contributed by atoms with Crippen molar-refractivity contribution < 1.29 is 0 Å². The second-order valence-corrected chi connectivity index (χ2v) is 8.22. The topological polar surface area (TPSA) is 0 Å². The van der Waals surface area contributed by atoms with E-state index in [9.17, 15) is 0 Å². The van der Waals surface area contributed by atoms with E-state index in [4.69, 9.17) is 0 Å². The maximum Gasteiger partial charge on any atom is 0.0356 e. The molecule has 0 saturated heterocycles. The second-order valence-electron chi connectivity index (χ2n) is 7.22. The molecule has 0 amide bonds. The molecule has 1 heteroatoms. The lowest BCUT2D eigenvalue weighted by Crippen LogP contribution is -2.25. The predicted octanol–water partition coefficient (Wildman–Crippen LogP) is 5.21. The largest absolute Gasteiger partial charge is 0.0740 e. The Balaban J connectivity index is 2.08. The number of hydrogen-bond acceptors (Lipinski definition) is 0. The fourth-order valence-electron chi connectivity index (χ4n) is 4.32. The summed E-state index contributed by atoms with van der Waals surface area (Å²) in [6, 6.07) is 32.8. The van der Waals surface area contributed by atoms with Crippen molar-refractivity contribution in [2.24, 2.45) is 0 Å². The van der Waals surface area contributed by atoms with Crippen molar-refractivity contribution in [1.82, 2.24) is 0 Å². The summed E-state index contributed by atoms with van der Waals surface area (Å²) in [7, 11) is 1.05. The van der Waals surface area contributed by atoms with Crippen molar-refractivity contribution in [2.75, 3.05) is 0 Å². The molecule has 1 aliphatic rings. The van der Waals surface area contributed by atoms with Gasteiger partial charge >= 0.3 is 0 Å². The van der Waals surface area contributed by atoms with E-state index in [0.29, 0.717) is 0 Å². The van der Waals surface area contributed by atoms with Crippen molar-refractivity contribution >= 4 is 21.4 Å². The first-order valence-electron chi connectivity index (χ1n) is 9.23. The minimum absolute atomic E-state index is 0.0654. The van der Waals surface area contributed by atoms with Crippen LogP contribution in [0, 0.1) is 0 Å². The molecule has 1 unspecified atom stereocenters. The molecule has 0 saturated carbocycles. The van der Waals surface area contributed by atoms with Gasteiger partial charge in [-0.15, -0.1) is 0 Å². The highest BCUT2D eigenvalue weighted by molar-refractivity contribution is 6.30. The lowest BCUT2D eigenvalue weighted by molar-refractivity contribution is 0.772. The van der Waals surface area contributed by atoms with E-state index in [2.05, 4.69) is 105 Å². The molecule has 1 aliphatic carbocycles. The molecule has 3 aromatic rings. The van der Waals surface area contributed by atoms with Gasteiger partial charge in [0, 0.05) is 15.7 Å². The average molecular weight is 353 g/mol. The zero-order chi connectivity index (χ0) is 18.1. The minimum atomic E-state index is -0.0654. The summed E-state index contributed by atoms with van der Waals surface area (Å²) in [4.78, 5) is 0. The molecular formula is C25H24Si. The standard InChI is InChI=1S/C25H24Si/c1-18-22(19-12-6-3-7-13-19)23(20-14-8-4-9-15-20)25(2,24(18)26)21-16-10-5-11-17-21/h3-17H,1-2,26H3.